The van der Waals surface area contributed by atoms with E-state index in [0.717, 1.165) is 44.4 Å². The fourth-order valence-corrected chi connectivity index (χ4v) is 4.32. The van der Waals surface area contributed by atoms with Crippen LogP contribution in [0.3, 0.4) is 0 Å². The highest BCUT2D eigenvalue weighted by Crippen LogP contribution is 2.40. The van der Waals surface area contributed by atoms with Crippen molar-refractivity contribution < 1.29 is 4.42 Å². The van der Waals surface area contributed by atoms with Crippen LogP contribution in [0.15, 0.2) is 101 Å². The van der Waals surface area contributed by atoms with E-state index in [-0.39, 0.29) is 0 Å². The molecule has 0 saturated carbocycles. The van der Waals surface area contributed by atoms with Crippen LogP contribution in [-0.4, -0.2) is 4.57 Å². The lowest BCUT2D eigenvalue weighted by Crippen LogP contribution is -1.96. The number of fused-ring (bicyclic) bond motifs is 5. The number of aromatic nitrogens is 1. The van der Waals surface area contributed by atoms with E-state index in [9.17, 15) is 0 Å². The van der Waals surface area contributed by atoms with Crippen LogP contribution in [0.5, 0.6) is 0 Å². The molecule has 0 saturated heterocycles. The molecule has 3 nitrogen and oxygen atoms in total. The molecule has 0 atom stereocenters. The van der Waals surface area contributed by atoms with Gasteiger partial charge in [0, 0.05) is 16.3 Å². The van der Waals surface area contributed by atoms with E-state index in [1.165, 1.54) is 5.39 Å². The molecule has 0 aliphatic carbocycles. The fraction of sp³-hybridized carbons (Fsp3) is 0. The molecule has 140 valence electrons. The van der Waals surface area contributed by atoms with E-state index in [1.54, 1.807) is 0 Å². The van der Waals surface area contributed by atoms with Gasteiger partial charge in [-0.15, -0.1) is 0 Å². The minimum Gasteiger partial charge on any atom is -0.439 e. The molecular formula is C27H16N2O. The zero-order valence-electron chi connectivity index (χ0n) is 16.0. The van der Waals surface area contributed by atoms with Gasteiger partial charge in [0.15, 0.2) is 0 Å². The van der Waals surface area contributed by atoms with Crippen molar-refractivity contribution >= 4 is 33.0 Å². The van der Waals surface area contributed by atoms with Crippen LogP contribution in [0.2, 0.25) is 0 Å². The summed E-state index contributed by atoms with van der Waals surface area (Å²) in [7, 11) is 0. The quantitative estimate of drug-likeness (QED) is 0.320. The minimum absolute atomic E-state index is 0.655. The third-order valence-corrected chi connectivity index (χ3v) is 5.66. The Morgan fingerprint density at radius 3 is 2.23 bits per heavy atom. The van der Waals surface area contributed by atoms with E-state index < -0.39 is 0 Å². The first kappa shape index (κ1) is 16.6. The number of benzene rings is 4. The van der Waals surface area contributed by atoms with Crippen LogP contribution < -0.4 is 0 Å². The maximum absolute atomic E-state index is 9.14. The molecule has 0 aliphatic rings. The van der Waals surface area contributed by atoms with Crippen LogP contribution in [0.4, 0.5) is 0 Å². The number of nitrogens with zero attached hydrogens (tertiary/aromatic N) is 2. The van der Waals surface area contributed by atoms with Gasteiger partial charge in [0.2, 0.25) is 5.71 Å². The second-order valence-corrected chi connectivity index (χ2v) is 7.34. The smallest absolute Gasteiger partial charge is 0.213 e. The predicted octanol–water partition coefficient (Wildman–Crippen LogP) is 7.07. The standard InChI is InChI=1S/C27H16N2O/c28-17-18-13-15-19(16-14-18)20-7-1-4-10-23(20)29-24-11-5-2-8-21(24)26-22-9-3-6-12-25(22)30-27(26)29/h1-16H. The maximum atomic E-state index is 9.14. The third-order valence-electron chi connectivity index (χ3n) is 5.66. The first-order chi connectivity index (χ1) is 14.8. The molecule has 0 amide bonds. The average molecular weight is 384 g/mol. The Bertz CT molecular complexity index is 1590. The lowest BCUT2D eigenvalue weighted by molar-refractivity contribution is 0.645. The monoisotopic (exact) mass is 384 g/mol. The summed E-state index contributed by atoms with van der Waals surface area (Å²) >= 11 is 0. The summed E-state index contributed by atoms with van der Waals surface area (Å²) in [5.41, 5.74) is 6.70. The second-order valence-electron chi connectivity index (χ2n) is 7.34. The van der Waals surface area contributed by atoms with Crippen molar-refractivity contribution in [2.45, 2.75) is 0 Å². The Labute approximate surface area is 173 Å². The topological polar surface area (TPSA) is 41.9 Å². The number of hydrogen-bond acceptors (Lipinski definition) is 2. The summed E-state index contributed by atoms with van der Waals surface area (Å²) in [6, 6.07) is 34.8. The van der Waals surface area contributed by atoms with Gasteiger partial charge in [-0.25, -0.2) is 0 Å². The fourth-order valence-electron chi connectivity index (χ4n) is 4.32. The van der Waals surface area contributed by atoms with Gasteiger partial charge in [0.05, 0.1) is 28.2 Å². The van der Waals surface area contributed by atoms with Gasteiger partial charge in [-0.05, 0) is 35.9 Å². The Balaban J connectivity index is 1.72. The SMILES string of the molecule is N#Cc1ccc(-c2ccccc2-n2c3ccccc3c3c4ccccc4oc32)cc1. The molecule has 0 bridgehead atoms. The number of nitriles is 1. The molecule has 6 aromatic rings. The molecule has 0 spiro atoms. The normalized spacial score (nSPS) is 11.3. The maximum Gasteiger partial charge on any atom is 0.213 e. The van der Waals surface area contributed by atoms with Crippen LogP contribution in [-0.2, 0) is 0 Å². The summed E-state index contributed by atoms with van der Waals surface area (Å²) < 4.78 is 8.58. The Hall–Kier alpha value is -4.29. The molecule has 0 aliphatic heterocycles. The molecule has 2 aromatic heterocycles. The van der Waals surface area contributed by atoms with Crippen molar-refractivity contribution in [2.75, 3.05) is 0 Å². The first-order valence-corrected chi connectivity index (χ1v) is 9.86. The van der Waals surface area contributed by atoms with Crippen molar-refractivity contribution in [1.82, 2.24) is 4.57 Å². The van der Waals surface area contributed by atoms with Gasteiger partial charge in [0.25, 0.3) is 0 Å². The summed E-state index contributed by atoms with van der Waals surface area (Å²) in [6.07, 6.45) is 0. The largest absolute Gasteiger partial charge is 0.439 e. The van der Waals surface area contributed by atoms with Crippen LogP contribution >= 0.6 is 0 Å². The number of rotatable bonds is 2. The van der Waals surface area contributed by atoms with Gasteiger partial charge in [-0.1, -0.05) is 66.7 Å². The highest BCUT2D eigenvalue weighted by molar-refractivity contribution is 6.20. The highest BCUT2D eigenvalue weighted by Gasteiger charge is 2.20. The third kappa shape index (κ3) is 2.31. The lowest BCUT2D eigenvalue weighted by atomic mass is 10.0. The Morgan fingerprint density at radius 1 is 0.700 bits per heavy atom. The highest BCUT2D eigenvalue weighted by atomic mass is 16.3. The van der Waals surface area contributed by atoms with E-state index >= 15 is 0 Å². The number of furan rings is 1. The van der Waals surface area contributed by atoms with Crippen molar-refractivity contribution in [3.63, 3.8) is 0 Å². The van der Waals surface area contributed by atoms with Gasteiger partial charge in [-0.3, -0.25) is 4.57 Å². The summed E-state index contributed by atoms with van der Waals surface area (Å²) in [6.45, 7) is 0. The Kier molecular flexibility index (Phi) is 3.53. The molecule has 0 radical (unpaired) electrons. The molecule has 0 N–H and O–H groups in total. The Morgan fingerprint density at radius 2 is 1.40 bits per heavy atom. The van der Waals surface area contributed by atoms with Crippen molar-refractivity contribution in [3.8, 4) is 22.9 Å². The second kappa shape index (κ2) is 6.37. The molecule has 3 heteroatoms. The number of hydrogen-bond donors (Lipinski definition) is 0. The van der Waals surface area contributed by atoms with Gasteiger partial charge in [0.1, 0.15) is 5.58 Å². The first-order valence-electron chi connectivity index (χ1n) is 9.86. The summed E-state index contributed by atoms with van der Waals surface area (Å²) in [4.78, 5) is 0. The van der Waals surface area contributed by atoms with Gasteiger partial charge < -0.3 is 4.42 Å². The lowest BCUT2D eigenvalue weighted by Gasteiger charge is -2.12. The molecule has 4 aromatic carbocycles. The van der Waals surface area contributed by atoms with Crippen LogP contribution in [0.25, 0.3) is 49.8 Å². The minimum atomic E-state index is 0.655. The zero-order valence-corrected chi connectivity index (χ0v) is 16.0. The predicted molar refractivity (Wildman–Crippen MR) is 121 cm³/mol. The molecule has 0 unspecified atom stereocenters. The summed E-state index contributed by atoms with van der Waals surface area (Å²) in [5.74, 6) is 0. The summed E-state index contributed by atoms with van der Waals surface area (Å²) in [5, 5.41) is 12.6. The van der Waals surface area contributed by atoms with E-state index in [2.05, 4.69) is 53.1 Å². The van der Waals surface area contributed by atoms with Crippen molar-refractivity contribution in [2.24, 2.45) is 0 Å². The molecular weight excluding hydrogens is 368 g/mol. The molecule has 6 rings (SSSR count). The molecule has 0 fully saturated rings. The average Bonchev–Trinajstić information content (AvgIpc) is 3.34. The zero-order chi connectivity index (χ0) is 20.1. The van der Waals surface area contributed by atoms with E-state index in [0.29, 0.717) is 5.56 Å². The van der Waals surface area contributed by atoms with Crippen molar-refractivity contribution in [1.29, 1.82) is 5.26 Å². The van der Waals surface area contributed by atoms with E-state index in [1.807, 2.05) is 54.6 Å². The molecule has 30 heavy (non-hydrogen) atoms. The van der Waals surface area contributed by atoms with E-state index in [4.69, 9.17) is 9.68 Å². The van der Waals surface area contributed by atoms with Crippen LogP contribution in [0, 0.1) is 11.3 Å². The van der Waals surface area contributed by atoms with Crippen LogP contribution in [0.1, 0.15) is 5.56 Å². The molecule has 2 heterocycles. The van der Waals surface area contributed by atoms with Gasteiger partial charge in [-0.2, -0.15) is 5.26 Å². The number of para-hydroxylation sites is 3. The van der Waals surface area contributed by atoms with Crippen molar-refractivity contribution in [3.05, 3.63) is 103 Å². The van der Waals surface area contributed by atoms with Gasteiger partial charge >= 0.3 is 0 Å².